The second kappa shape index (κ2) is 4.38. The summed E-state index contributed by atoms with van der Waals surface area (Å²) in [5.74, 6) is 1.48. The van der Waals surface area contributed by atoms with E-state index in [0.29, 0.717) is 5.75 Å². The van der Waals surface area contributed by atoms with Gasteiger partial charge in [0.05, 0.1) is 7.11 Å². The van der Waals surface area contributed by atoms with Gasteiger partial charge in [-0.1, -0.05) is 12.1 Å². The van der Waals surface area contributed by atoms with Gasteiger partial charge in [0.25, 0.3) is 0 Å². The SMILES string of the molecule is COc1cccc(C(N)CS)c1. The van der Waals surface area contributed by atoms with E-state index < -0.39 is 0 Å². The molecule has 0 saturated heterocycles. The molecule has 0 heterocycles. The average molecular weight is 183 g/mol. The van der Waals surface area contributed by atoms with Gasteiger partial charge in [-0.15, -0.1) is 0 Å². The first-order chi connectivity index (χ1) is 5.77. The summed E-state index contributed by atoms with van der Waals surface area (Å²) in [7, 11) is 1.64. The van der Waals surface area contributed by atoms with Gasteiger partial charge < -0.3 is 10.5 Å². The van der Waals surface area contributed by atoms with Crippen LogP contribution in [0.15, 0.2) is 24.3 Å². The smallest absolute Gasteiger partial charge is 0.119 e. The fourth-order valence-electron chi connectivity index (χ4n) is 0.978. The van der Waals surface area contributed by atoms with Crippen LogP contribution < -0.4 is 10.5 Å². The maximum atomic E-state index is 5.79. The predicted molar refractivity (Wildman–Crippen MR) is 53.8 cm³/mol. The molecular formula is C9H13NOS. The van der Waals surface area contributed by atoms with Gasteiger partial charge in [0, 0.05) is 11.8 Å². The summed E-state index contributed by atoms with van der Waals surface area (Å²) in [6.07, 6.45) is 0. The van der Waals surface area contributed by atoms with Crippen LogP contribution in [0, 0.1) is 0 Å². The third-order valence-corrected chi connectivity index (χ3v) is 2.11. The molecule has 0 saturated carbocycles. The summed E-state index contributed by atoms with van der Waals surface area (Å²) in [4.78, 5) is 0. The summed E-state index contributed by atoms with van der Waals surface area (Å²) in [6, 6.07) is 7.72. The van der Waals surface area contributed by atoms with Crippen molar-refractivity contribution in [1.82, 2.24) is 0 Å². The van der Waals surface area contributed by atoms with Gasteiger partial charge in [0.2, 0.25) is 0 Å². The van der Waals surface area contributed by atoms with Crippen molar-refractivity contribution >= 4 is 12.6 Å². The molecule has 0 aliphatic heterocycles. The molecular weight excluding hydrogens is 170 g/mol. The predicted octanol–water partition coefficient (Wildman–Crippen LogP) is 1.62. The van der Waals surface area contributed by atoms with Gasteiger partial charge in [-0.2, -0.15) is 12.6 Å². The zero-order chi connectivity index (χ0) is 8.97. The normalized spacial score (nSPS) is 12.6. The number of hydrogen-bond donors (Lipinski definition) is 2. The molecule has 0 fully saturated rings. The lowest BCUT2D eigenvalue weighted by Crippen LogP contribution is -2.11. The number of methoxy groups -OCH3 is 1. The maximum absolute atomic E-state index is 5.79. The Bertz CT molecular complexity index is 252. The minimum atomic E-state index is -0.0107. The molecule has 0 aliphatic carbocycles. The lowest BCUT2D eigenvalue weighted by molar-refractivity contribution is 0.414. The number of hydrogen-bond acceptors (Lipinski definition) is 3. The fourth-order valence-corrected chi connectivity index (χ4v) is 1.19. The van der Waals surface area contributed by atoms with Crippen LogP contribution >= 0.6 is 12.6 Å². The molecule has 1 unspecified atom stereocenters. The van der Waals surface area contributed by atoms with Crippen molar-refractivity contribution in [2.24, 2.45) is 5.73 Å². The zero-order valence-corrected chi connectivity index (χ0v) is 7.92. The summed E-state index contributed by atoms with van der Waals surface area (Å²) in [5, 5.41) is 0. The molecule has 0 radical (unpaired) electrons. The molecule has 2 nitrogen and oxygen atoms in total. The van der Waals surface area contributed by atoms with E-state index in [0.717, 1.165) is 11.3 Å². The van der Waals surface area contributed by atoms with Crippen LogP contribution in [0.2, 0.25) is 0 Å². The van der Waals surface area contributed by atoms with E-state index in [1.54, 1.807) is 7.11 Å². The number of benzene rings is 1. The topological polar surface area (TPSA) is 35.2 Å². The minimum absolute atomic E-state index is 0.0107. The van der Waals surface area contributed by atoms with Gasteiger partial charge in [-0.25, -0.2) is 0 Å². The summed E-state index contributed by atoms with van der Waals surface area (Å²) in [6.45, 7) is 0. The van der Waals surface area contributed by atoms with Crippen LogP contribution in [0.1, 0.15) is 11.6 Å². The first kappa shape index (κ1) is 9.42. The van der Waals surface area contributed by atoms with E-state index in [1.165, 1.54) is 0 Å². The Morgan fingerprint density at radius 3 is 2.92 bits per heavy atom. The van der Waals surface area contributed by atoms with Crippen molar-refractivity contribution in [3.63, 3.8) is 0 Å². The molecule has 0 bridgehead atoms. The monoisotopic (exact) mass is 183 g/mol. The molecule has 2 N–H and O–H groups in total. The van der Waals surface area contributed by atoms with E-state index in [1.807, 2.05) is 24.3 Å². The Labute approximate surface area is 78.1 Å². The van der Waals surface area contributed by atoms with Crippen LogP contribution in [0.4, 0.5) is 0 Å². The summed E-state index contributed by atoms with van der Waals surface area (Å²) >= 11 is 4.12. The number of nitrogens with two attached hydrogens (primary N) is 1. The highest BCUT2D eigenvalue weighted by molar-refractivity contribution is 7.80. The Kier molecular flexibility index (Phi) is 3.44. The van der Waals surface area contributed by atoms with Gasteiger partial charge in [-0.05, 0) is 17.7 Å². The molecule has 0 amide bonds. The van der Waals surface area contributed by atoms with E-state index in [2.05, 4.69) is 12.6 Å². The van der Waals surface area contributed by atoms with E-state index in [-0.39, 0.29) is 6.04 Å². The van der Waals surface area contributed by atoms with Crippen LogP contribution in [-0.2, 0) is 0 Å². The van der Waals surface area contributed by atoms with Crippen molar-refractivity contribution in [3.8, 4) is 5.75 Å². The van der Waals surface area contributed by atoms with Crippen molar-refractivity contribution in [1.29, 1.82) is 0 Å². The second-order valence-electron chi connectivity index (χ2n) is 2.57. The molecule has 0 spiro atoms. The quantitative estimate of drug-likeness (QED) is 0.698. The van der Waals surface area contributed by atoms with Gasteiger partial charge in [0.15, 0.2) is 0 Å². The molecule has 12 heavy (non-hydrogen) atoms. The number of ether oxygens (including phenoxy) is 1. The summed E-state index contributed by atoms with van der Waals surface area (Å²) < 4.78 is 5.07. The fraction of sp³-hybridized carbons (Fsp3) is 0.333. The zero-order valence-electron chi connectivity index (χ0n) is 7.03. The molecule has 0 aliphatic rings. The van der Waals surface area contributed by atoms with Crippen molar-refractivity contribution in [2.75, 3.05) is 12.9 Å². The first-order valence-corrected chi connectivity index (χ1v) is 4.41. The maximum Gasteiger partial charge on any atom is 0.119 e. The van der Waals surface area contributed by atoms with E-state index in [4.69, 9.17) is 10.5 Å². The lowest BCUT2D eigenvalue weighted by Gasteiger charge is -2.09. The molecule has 1 aromatic rings. The Morgan fingerprint density at radius 1 is 1.58 bits per heavy atom. The van der Waals surface area contributed by atoms with Crippen molar-refractivity contribution < 1.29 is 4.74 Å². The third-order valence-electron chi connectivity index (χ3n) is 1.72. The highest BCUT2D eigenvalue weighted by atomic mass is 32.1. The Morgan fingerprint density at radius 2 is 2.33 bits per heavy atom. The first-order valence-electron chi connectivity index (χ1n) is 3.78. The molecule has 0 aromatic heterocycles. The number of thiol groups is 1. The van der Waals surface area contributed by atoms with Crippen LogP contribution in [0.3, 0.4) is 0 Å². The molecule has 66 valence electrons. The lowest BCUT2D eigenvalue weighted by atomic mass is 10.1. The van der Waals surface area contributed by atoms with Crippen molar-refractivity contribution in [3.05, 3.63) is 29.8 Å². The van der Waals surface area contributed by atoms with E-state index >= 15 is 0 Å². The summed E-state index contributed by atoms with van der Waals surface area (Å²) in [5.41, 5.74) is 6.85. The molecule has 1 atom stereocenters. The standard InChI is InChI=1S/C9H13NOS/c1-11-8-4-2-3-7(5-8)9(10)6-12/h2-5,9,12H,6,10H2,1H3. The largest absolute Gasteiger partial charge is 0.497 e. The average Bonchev–Trinajstić information content (AvgIpc) is 2.17. The highest BCUT2D eigenvalue weighted by Crippen LogP contribution is 2.17. The molecule has 1 rings (SSSR count). The minimum Gasteiger partial charge on any atom is -0.497 e. The molecule has 1 aromatic carbocycles. The highest BCUT2D eigenvalue weighted by Gasteiger charge is 2.03. The Balaban J connectivity index is 2.86. The molecule has 3 heteroatoms. The van der Waals surface area contributed by atoms with Crippen LogP contribution in [-0.4, -0.2) is 12.9 Å². The number of rotatable bonds is 3. The van der Waals surface area contributed by atoms with Crippen LogP contribution in [0.5, 0.6) is 5.75 Å². The van der Waals surface area contributed by atoms with Gasteiger partial charge in [0.1, 0.15) is 5.75 Å². The second-order valence-corrected chi connectivity index (χ2v) is 2.93. The van der Waals surface area contributed by atoms with Crippen LogP contribution in [0.25, 0.3) is 0 Å². The van der Waals surface area contributed by atoms with Crippen molar-refractivity contribution in [2.45, 2.75) is 6.04 Å². The van der Waals surface area contributed by atoms with E-state index in [9.17, 15) is 0 Å². The third kappa shape index (κ3) is 2.16. The van der Waals surface area contributed by atoms with Gasteiger partial charge >= 0.3 is 0 Å². The van der Waals surface area contributed by atoms with Gasteiger partial charge in [-0.3, -0.25) is 0 Å². The Hall–Kier alpha value is -0.670.